The number of hydrogen-bond donors (Lipinski definition) is 0. The number of rotatable bonds is 2. The molecule has 0 atom stereocenters. The van der Waals surface area contributed by atoms with E-state index in [1.54, 1.807) is 12.1 Å². The lowest BCUT2D eigenvalue weighted by atomic mass is 9.87. The van der Waals surface area contributed by atoms with E-state index in [0.29, 0.717) is 21.6 Å². The topological polar surface area (TPSA) is 52.0 Å². The minimum atomic E-state index is -3.80. The first-order chi connectivity index (χ1) is 21.6. The molecule has 0 radical (unpaired) electrons. The van der Waals surface area contributed by atoms with Crippen LogP contribution in [0.15, 0.2) is 143 Å². The van der Waals surface area contributed by atoms with E-state index in [1.807, 2.05) is 59.2 Å². The standard InChI is InChI=1S/C39H22N2O2S/c42-44(43)34-17-7-16-32-38(34)41(39(40-32)24-8-2-1-3-9-24)33-21-18-25(22-35(33)44)26-19-20-31-29-13-5-11-23-10-4-12-28(36(23)29)30-15-6-14-27(26)37(30)31/h1-22H. The van der Waals surface area contributed by atoms with Gasteiger partial charge in [-0.1, -0.05) is 109 Å². The second-order valence-electron chi connectivity index (χ2n) is 11.5. The van der Waals surface area contributed by atoms with Gasteiger partial charge in [-0.3, -0.25) is 4.57 Å². The Kier molecular flexibility index (Phi) is 4.53. The number of aromatic nitrogens is 2. The van der Waals surface area contributed by atoms with Crippen LogP contribution in [-0.2, 0) is 9.84 Å². The molecule has 8 aromatic carbocycles. The molecule has 1 aliphatic heterocycles. The molecule has 0 fully saturated rings. The van der Waals surface area contributed by atoms with Crippen LogP contribution in [0.4, 0.5) is 0 Å². The van der Waals surface area contributed by atoms with Gasteiger partial charge in [0.15, 0.2) is 0 Å². The molecule has 0 amide bonds. The van der Waals surface area contributed by atoms with Crippen molar-refractivity contribution in [2.45, 2.75) is 9.79 Å². The van der Waals surface area contributed by atoms with Gasteiger partial charge in [0.1, 0.15) is 5.82 Å². The molecule has 5 heteroatoms. The van der Waals surface area contributed by atoms with Gasteiger partial charge < -0.3 is 0 Å². The number of sulfone groups is 1. The van der Waals surface area contributed by atoms with Gasteiger partial charge in [-0.05, 0) is 78.5 Å². The summed E-state index contributed by atoms with van der Waals surface area (Å²) in [6.07, 6.45) is 0. The maximum Gasteiger partial charge on any atom is 0.210 e. The summed E-state index contributed by atoms with van der Waals surface area (Å²) in [7, 11) is -3.80. The maximum atomic E-state index is 14.2. The van der Waals surface area contributed by atoms with Crippen molar-refractivity contribution in [1.29, 1.82) is 0 Å². The maximum absolute atomic E-state index is 14.2. The van der Waals surface area contributed by atoms with Crippen LogP contribution in [0.3, 0.4) is 0 Å². The highest BCUT2D eigenvalue weighted by molar-refractivity contribution is 7.92. The molecular formula is C39H22N2O2S. The monoisotopic (exact) mass is 582 g/mol. The van der Waals surface area contributed by atoms with Crippen LogP contribution in [0.5, 0.6) is 0 Å². The van der Waals surface area contributed by atoms with Crippen molar-refractivity contribution in [3.63, 3.8) is 0 Å². The van der Waals surface area contributed by atoms with Crippen LogP contribution in [-0.4, -0.2) is 18.0 Å². The molecule has 0 spiro atoms. The molecule has 206 valence electrons. The highest BCUT2D eigenvalue weighted by Crippen LogP contribution is 2.46. The fraction of sp³-hybridized carbons (Fsp3) is 0. The van der Waals surface area contributed by atoms with Crippen molar-refractivity contribution in [3.05, 3.63) is 133 Å². The Balaban J connectivity index is 1.27. The van der Waals surface area contributed by atoms with E-state index in [-0.39, 0.29) is 4.90 Å². The Hall–Kier alpha value is -5.52. The van der Waals surface area contributed by atoms with E-state index in [1.165, 1.54) is 37.7 Å². The first-order valence-corrected chi connectivity index (χ1v) is 16.1. The molecule has 0 unspecified atom stereocenters. The van der Waals surface area contributed by atoms with E-state index < -0.39 is 9.84 Å². The molecule has 0 saturated carbocycles. The number of fused-ring (bicyclic) bond motifs is 4. The van der Waals surface area contributed by atoms with Crippen LogP contribution in [0, 0.1) is 0 Å². The van der Waals surface area contributed by atoms with Crippen molar-refractivity contribution in [2.75, 3.05) is 0 Å². The quantitative estimate of drug-likeness (QED) is 0.151. The fourth-order valence-electron chi connectivity index (χ4n) is 7.43. The molecule has 1 aliphatic rings. The summed E-state index contributed by atoms with van der Waals surface area (Å²) in [5.41, 5.74) is 4.72. The van der Waals surface area contributed by atoms with Gasteiger partial charge in [0.25, 0.3) is 0 Å². The van der Waals surface area contributed by atoms with Gasteiger partial charge in [-0.2, -0.15) is 0 Å². The van der Waals surface area contributed by atoms with Crippen molar-refractivity contribution < 1.29 is 8.42 Å². The average Bonchev–Trinajstić information content (AvgIpc) is 3.46. The summed E-state index contributed by atoms with van der Waals surface area (Å²) in [6, 6.07) is 44.9. The number of hydrogen-bond acceptors (Lipinski definition) is 3. The van der Waals surface area contributed by atoms with Gasteiger partial charge in [-0.25, -0.2) is 13.4 Å². The summed E-state index contributed by atoms with van der Waals surface area (Å²) >= 11 is 0. The molecule has 4 nitrogen and oxygen atoms in total. The predicted molar refractivity (Wildman–Crippen MR) is 179 cm³/mol. The smallest absolute Gasteiger partial charge is 0.210 e. The van der Waals surface area contributed by atoms with Crippen molar-refractivity contribution in [3.8, 4) is 28.2 Å². The van der Waals surface area contributed by atoms with Crippen LogP contribution in [0.1, 0.15) is 0 Å². The second kappa shape index (κ2) is 8.31. The third-order valence-electron chi connectivity index (χ3n) is 9.29. The third-order valence-corrected chi connectivity index (χ3v) is 11.1. The average molecular weight is 583 g/mol. The zero-order chi connectivity index (χ0) is 29.2. The zero-order valence-electron chi connectivity index (χ0n) is 23.3. The van der Waals surface area contributed by atoms with Gasteiger partial charge in [-0.15, -0.1) is 0 Å². The minimum Gasteiger partial charge on any atom is -0.290 e. The van der Waals surface area contributed by atoms with Crippen LogP contribution in [0.25, 0.3) is 82.3 Å². The van der Waals surface area contributed by atoms with E-state index >= 15 is 0 Å². The molecule has 9 aromatic rings. The van der Waals surface area contributed by atoms with Crippen molar-refractivity contribution >= 4 is 64.0 Å². The lowest BCUT2D eigenvalue weighted by molar-refractivity contribution is 0.594. The van der Waals surface area contributed by atoms with E-state index in [9.17, 15) is 8.42 Å². The van der Waals surface area contributed by atoms with E-state index in [4.69, 9.17) is 4.98 Å². The van der Waals surface area contributed by atoms with Crippen LogP contribution < -0.4 is 0 Å². The Morgan fingerprint density at radius 1 is 0.523 bits per heavy atom. The molecule has 0 saturated heterocycles. The lowest BCUT2D eigenvalue weighted by Gasteiger charge is -2.22. The summed E-state index contributed by atoms with van der Waals surface area (Å²) in [5.74, 6) is 0.728. The fourth-order valence-corrected chi connectivity index (χ4v) is 9.09. The molecule has 0 aliphatic carbocycles. The Bertz CT molecular complexity index is 2730. The van der Waals surface area contributed by atoms with Gasteiger partial charge in [0.2, 0.25) is 9.84 Å². The Morgan fingerprint density at radius 2 is 1.20 bits per heavy atom. The Morgan fingerprint density at radius 3 is 2.00 bits per heavy atom. The number of nitrogens with zero attached hydrogens (tertiary/aromatic N) is 2. The largest absolute Gasteiger partial charge is 0.290 e. The zero-order valence-corrected chi connectivity index (χ0v) is 24.1. The molecule has 10 rings (SSSR count). The summed E-state index contributed by atoms with van der Waals surface area (Å²) in [5, 5.41) is 9.69. The summed E-state index contributed by atoms with van der Waals surface area (Å²) in [4.78, 5) is 5.49. The summed E-state index contributed by atoms with van der Waals surface area (Å²) < 4.78 is 30.5. The van der Waals surface area contributed by atoms with Gasteiger partial charge in [0.05, 0.1) is 26.5 Å². The molecule has 0 N–H and O–H groups in total. The highest BCUT2D eigenvalue weighted by Gasteiger charge is 2.34. The van der Waals surface area contributed by atoms with E-state index in [2.05, 4.69) is 66.7 Å². The van der Waals surface area contributed by atoms with Crippen molar-refractivity contribution in [2.24, 2.45) is 0 Å². The molecule has 44 heavy (non-hydrogen) atoms. The first kappa shape index (κ1) is 24.0. The Labute approximate surface area is 252 Å². The van der Waals surface area contributed by atoms with Gasteiger partial charge in [0, 0.05) is 5.56 Å². The van der Waals surface area contributed by atoms with E-state index in [0.717, 1.165) is 27.9 Å². The number of para-hydroxylation sites is 1. The number of imidazole rings is 1. The highest BCUT2D eigenvalue weighted by atomic mass is 32.2. The van der Waals surface area contributed by atoms with Crippen LogP contribution >= 0.6 is 0 Å². The third kappa shape index (κ3) is 2.96. The SMILES string of the molecule is O=S1(=O)c2cc(-c3ccc4c5cccc6cccc(c7cccc3c74)c65)ccc2-n2c(-c3ccccc3)nc3cccc1c32. The van der Waals surface area contributed by atoms with Crippen LogP contribution in [0.2, 0.25) is 0 Å². The number of benzene rings is 8. The molecule has 1 aromatic heterocycles. The lowest BCUT2D eigenvalue weighted by Crippen LogP contribution is -2.15. The van der Waals surface area contributed by atoms with Gasteiger partial charge >= 0.3 is 0 Å². The van der Waals surface area contributed by atoms with Crippen molar-refractivity contribution in [1.82, 2.24) is 9.55 Å². The minimum absolute atomic E-state index is 0.288. The normalized spacial score (nSPS) is 13.8. The molecule has 0 bridgehead atoms. The second-order valence-corrected chi connectivity index (χ2v) is 13.4. The predicted octanol–water partition coefficient (Wildman–Crippen LogP) is 9.56. The summed E-state index contributed by atoms with van der Waals surface area (Å²) in [6.45, 7) is 0. The molecule has 2 heterocycles. The first-order valence-electron chi connectivity index (χ1n) is 14.6. The molecular weight excluding hydrogens is 561 g/mol.